The number of aryl methyl sites for hydroxylation is 2. The monoisotopic (exact) mass is 231 g/mol. The molecule has 0 atom stereocenters. The Morgan fingerprint density at radius 1 is 1.29 bits per heavy atom. The van der Waals surface area contributed by atoms with E-state index in [0.717, 1.165) is 12.5 Å². The number of carbonyl (C=O) groups excluding carboxylic acids is 1. The highest BCUT2D eigenvalue weighted by Gasteiger charge is 2.20. The van der Waals surface area contributed by atoms with E-state index in [2.05, 4.69) is 31.3 Å². The highest BCUT2D eigenvalue weighted by atomic mass is 16.1. The first-order chi connectivity index (χ1) is 8.16. The standard InChI is InChI=1S/C15H21NO/c1-11-4-3-5-12(2)15(11)8-14(17)10-16-9-13-6-7-13/h3-5,13,16H,6-10H2,1-2H3. The Labute approximate surface area is 103 Å². The summed E-state index contributed by atoms with van der Waals surface area (Å²) in [6, 6.07) is 6.20. The van der Waals surface area contributed by atoms with E-state index < -0.39 is 0 Å². The number of Topliss-reactive ketones (excluding diaryl/α,β-unsaturated/α-hetero) is 1. The second-order valence-corrected chi connectivity index (χ2v) is 5.16. The summed E-state index contributed by atoms with van der Waals surface area (Å²) in [7, 11) is 0. The van der Waals surface area contributed by atoms with Crippen LogP contribution in [0.1, 0.15) is 29.5 Å². The first-order valence-electron chi connectivity index (χ1n) is 6.44. The van der Waals surface area contributed by atoms with E-state index >= 15 is 0 Å². The van der Waals surface area contributed by atoms with Crippen molar-refractivity contribution in [2.24, 2.45) is 5.92 Å². The summed E-state index contributed by atoms with van der Waals surface area (Å²) in [5.74, 6) is 1.13. The van der Waals surface area contributed by atoms with E-state index in [1.54, 1.807) is 0 Å². The van der Waals surface area contributed by atoms with Crippen LogP contribution in [0.4, 0.5) is 0 Å². The van der Waals surface area contributed by atoms with Gasteiger partial charge in [0.15, 0.2) is 5.78 Å². The van der Waals surface area contributed by atoms with Gasteiger partial charge in [-0.2, -0.15) is 0 Å². The zero-order valence-corrected chi connectivity index (χ0v) is 10.8. The van der Waals surface area contributed by atoms with Gasteiger partial charge in [0.25, 0.3) is 0 Å². The Kier molecular flexibility index (Phi) is 3.95. The molecule has 0 radical (unpaired) electrons. The number of benzene rings is 1. The third-order valence-electron chi connectivity index (χ3n) is 3.47. The fourth-order valence-corrected chi connectivity index (χ4v) is 2.13. The number of carbonyl (C=O) groups is 1. The van der Waals surface area contributed by atoms with Gasteiger partial charge in [-0.05, 0) is 55.8 Å². The molecule has 0 unspecified atom stereocenters. The zero-order chi connectivity index (χ0) is 12.3. The first-order valence-corrected chi connectivity index (χ1v) is 6.44. The predicted molar refractivity (Wildman–Crippen MR) is 70.2 cm³/mol. The molecule has 0 amide bonds. The van der Waals surface area contributed by atoms with Crippen LogP contribution in [0.3, 0.4) is 0 Å². The molecule has 1 saturated carbocycles. The van der Waals surface area contributed by atoms with Crippen molar-refractivity contribution in [2.75, 3.05) is 13.1 Å². The van der Waals surface area contributed by atoms with E-state index in [-0.39, 0.29) is 0 Å². The quantitative estimate of drug-likeness (QED) is 0.814. The highest BCUT2D eigenvalue weighted by molar-refractivity contribution is 5.83. The fraction of sp³-hybridized carbons (Fsp3) is 0.533. The van der Waals surface area contributed by atoms with Crippen LogP contribution in [-0.4, -0.2) is 18.9 Å². The molecule has 1 N–H and O–H groups in total. The van der Waals surface area contributed by atoms with Gasteiger partial charge < -0.3 is 5.32 Å². The molecular weight excluding hydrogens is 210 g/mol. The number of ketones is 1. The van der Waals surface area contributed by atoms with Gasteiger partial charge in [-0.3, -0.25) is 4.79 Å². The van der Waals surface area contributed by atoms with Crippen molar-refractivity contribution in [3.05, 3.63) is 34.9 Å². The summed E-state index contributed by atoms with van der Waals surface area (Å²) in [5, 5.41) is 3.26. The van der Waals surface area contributed by atoms with Crippen LogP contribution in [-0.2, 0) is 11.2 Å². The Morgan fingerprint density at radius 2 is 1.94 bits per heavy atom. The fourth-order valence-electron chi connectivity index (χ4n) is 2.13. The zero-order valence-electron chi connectivity index (χ0n) is 10.8. The van der Waals surface area contributed by atoms with Gasteiger partial charge in [-0.15, -0.1) is 0 Å². The lowest BCUT2D eigenvalue weighted by molar-refractivity contribution is -0.117. The van der Waals surface area contributed by atoms with E-state index in [1.165, 1.54) is 29.5 Å². The Bertz CT molecular complexity index is 387. The molecule has 1 aliphatic carbocycles. The molecule has 1 aromatic carbocycles. The van der Waals surface area contributed by atoms with Gasteiger partial charge in [0.2, 0.25) is 0 Å². The Morgan fingerprint density at radius 3 is 2.53 bits per heavy atom. The van der Waals surface area contributed by atoms with Crippen LogP contribution in [0.2, 0.25) is 0 Å². The van der Waals surface area contributed by atoms with E-state index in [0.29, 0.717) is 18.7 Å². The molecule has 0 spiro atoms. The molecule has 0 aromatic heterocycles. The topological polar surface area (TPSA) is 29.1 Å². The van der Waals surface area contributed by atoms with Crippen molar-refractivity contribution in [1.29, 1.82) is 0 Å². The number of rotatable bonds is 6. The second-order valence-electron chi connectivity index (χ2n) is 5.16. The average Bonchev–Trinajstić information content (AvgIpc) is 3.08. The van der Waals surface area contributed by atoms with E-state index in [4.69, 9.17) is 0 Å². The van der Waals surface area contributed by atoms with Crippen molar-refractivity contribution in [1.82, 2.24) is 5.32 Å². The van der Waals surface area contributed by atoms with Crippen LogP contribution in [0.5, 0.6) is 0 Å². The van der Waals surface area contributed by atoms with Crippen molar-refractivity contribution >= 4 is 5.78 Å². The summed E-state index contributed by atoms with van der Waals surface area (Å²) in [5.41, 5.74) is 3.65. The van der Waals surface area contributed by atoms with Crippen LogP contribution in [0, 0.1) is 19.8 Å². The summed E-state index contributed by atoms with van der Waals surface area (Å²) in [6.07, 6.45) is 3.23. The predicted octanol–water partition coefficient (Wildman–Crippen LogP) is 2.41. The van der Waals surface area contributed by atoms with Crippen LogP contribution in [0.25, 0.3) is 0 Å². The van der Waals surface area contributed by atoms with Crippen molar-refractivity contribution in [3.8, 4) is 0 Å². The Balaban J connectivity index is 1.84. The third kappa shape index (κ3) is 3.67. The van der Waals surface area contributed by atoms with Crippen molar-refractivity contribution in [2.45, 2.75) is 33.1 Å². The number of hydrogen-bond acceptors (Lipinski definition) is 2. The lowest BCUT2D eigenvalue weighted by Crippen LogP contribution is -2.26. The maximum Gasteiger partial charge on any atom is 0.150 e. The van der Waals surface area contributed by atoms with Crippen LogP contribution in [0.15, 0.2) is 18.2 Å². The number of nitrogens with one attached hydrogen (secondary N) is 1. The third-order valence-corrected chi connectivity index (χ3v) is 3.47. The molecular formula is C15H21NO. The summed E-state index contributed by atoms with van der Waals surface area (Å²) < 4.78 is 0. The number of hydrogen-bond donors (Lipinski definition) is 1. The van der Waals surface area contributed by atoms with Crippen molar-refractivity contribution in [3.63, 3.8) is 0 Å². The van der Waals surface area contributed by atoms with E-state index in [9.17, 15) is 4.79 Å². The minimum atomic E-state index is 0.294. The molecule has 92 valence electrons. The summed E-state index contributed by atoms with van der Waals surface area (Å²) in [6.45, 7) is 5.68. The van der Waals surface area contributed by atoms with Crippen LogP contribution >= 0.6 is 0 Å². The lowest BCUT2D eigenvalue weighted by Gasteiger charge is -2.09. The maximum absolute atomic E-state index is 11.9. The summed E-state index contributed by atoms with van der Waals surface area (Å²) in [4.78, 5) is 11.9. The maximum atomic E-state index is 11.9. The molecule has 2 nitrogen and oxygen atoms in total. The largest absolute Gasteiger partial charge is 0.310 e. The van der Waals surface area contributed by atoms with Gasteiger partial charge in [0, 0.05) is 6.42 Å². The molecule has 1 fully saturated rings. The molecule has 1 aliphatic rings. The Hall–Kier alpha value is -1.15. The molecule has 0 saturated heterocycles. The van der Waals surface area contributed by atoms with Gasteiger partial charge in [0.05, 0.1) is 6.54 Å². The highest BCUT2D eigenvalue weighted by Crippen LogP contribution is 2.27. The molecule has 0 aliphatic heterocycles. The smallest absolute Gasteiger partial charge is 0.150 e. The van der Waals surface area contributed by atoms with Gasteiger partial charge in [-0.25, -0.2) is 0 Å². The van der Waals surface area contributed by atoms with Crippen molar-refractivity contribution < 1.29 is 4.79 Å². The normalized spacial score (nSPS) is 14.9. The molecule has 0 bridgehead atoms. The van der Waals surface area contributed by atoms with E-state index in [1.807, 2.05) is 6.07 Å². The molecule has 2 heteroatoms. The van der Waals surface area contributed by atoms with Gasteiger partial charge in [0.1, 0.15) is 0 Å². The minimum absolute atomic E-state index is 0.294. The molecule has 2 rings (SSSR count). The van der Waals surface area contributed by atoms with Gasteiger partial charge >= 0.3 is 0 Å². The summed E-state index contributed by atoms with van der Waals surface area (Å²) >= 11 is 0. The van der Waals surface area contributed by atoms with Crippen LogP contribution < -0.4 is 5.32 Å². The first kappa shape index (κ1) is 12.3. The molecule has 17 heavy (non-hydrogen) atoms. The SMILES string of the molecule is Cc1cccc(C)c1CC(=O)CNCC1CC1. The second kappa shape index (κ2) is 5.46. The molecule has 0 heterocycles. The molecule has 1 aromatic rings. The average molecular weight is 231 g/mol. The van der Waals surface area contributed by atoms with Gasteiger partial charge in [-0.1, -0.05) is 18.2 Å². The lowest BCUT2D eigenvalue weighted by atomic mass is 9.98. The minimum Gasteiger partial charge on any atom is -0.310 e.